The fraction of sp³-hybridized carbons (Fsp3) is 0.917. The molecule has 94 valence electrons. The van der Waals surface area contributed by atoms with Gasteiger partial charge in [0.25, 0.3) is 0 Å². The monoisotopic (exact) mass is 228 g/mol. The standard InChI is InChI=1S/C12H24N2O2/c1-5-6-7-14-8-10(9-14)13-11(15)16-12(2,3)4/h10H,5-9H2,1-4H3,(H,13,15). The van der Waals surface area contributed by atoms with Crippen molar-refractivity contribution in [1.82, 2.24) is 10.2 Å². The molecule has 0 spiro atoms. The van der Waals surface area contributed by atoms with E-state index >= 15 is 0 Å². The number of amides is 1. The van der Waals surface area contributed by atoms with Gasteiger partial charge in [-0.15, -0.1) is 0 Å². The highest BCUT2D eigenvalue weighted by molar-refractivity contribution is 5.68. The summed E-state index contributed by atoms with van der Waals surface area (Å²) in [6.07, 6.45) is 2.16. The molecule has 1 N–H and O–H groups in total. The van der Waals surface area contributed by atoms with Crippen LogP contribution in [0.25, 0.3) is 0 Å². The first-order chi connectivity index (χ1) is 7.40. The van der Waals surface area contributed by atoms with E-state index in [9.17, 15) is 4.79 Å². The average Bonchev–Trinajstić information content (AvgIpc) is 2.05. The van der Waals surface area contributed by atoms with Crippen LogP contribution in [0, 0.1) is 0 Å². The van der Waals surface area contributed by atoms with E-state index in [1.165, 1.54) is 12.8 Å². The number of ether oxygens (including phenoxy) is 1. The third-order valence-corrected chi connectivity index (χ3v) is 2.51. The molecule has 0 atom stereocenters. The molecule has 0 saturated carbocycles. The second-order valence-corrected chi connectivity index (χ2v) is 5.46. The summed E-state index contributed by atoms with van der Waals surface area (Å²) in [6.45, 7) is 10.9. The van der Waals surface area contributed by atoms with Gasteiger partial charge >= 0.3 is 6.09 Å². The zero-order chi connectivity index (χ0) is 12.2. The van der Waals surface area contributed by atoms with Crippen molar-refractivity contribution in [3.8, 4) is 0 Å². The van der Waals surface area contributed by atoms with Crippen molar-refractivity contribution in [1.29, 1.82) is 0 Å². The summed E-state index contributed by atoms with van der Waals surface area (Å²) in [5.41, 5.74) is -0.407. The van der Waals surface area contributed by atoms with Crippen LogP contribution in [0.5, 0.6) is 0 Å². The Labute approximate surface area is 98.3 Å². The third kappa shape index (κ3) is 4.84. The minimum Gasteiger partial charge on any atom is -0.444 e. The number of carbonyl (C=O) groups excluding carboxylic acids is 1. The van der Waals surface area contributed by atoms with Crippen molar-refractivity contribution in [3.63, 3.8) is 0 Å². The summed E-state index contributed by atoms with van der Waals surface area (Å²) < 4.78 is 5.19. The van der Waals surface area contributed by atoms with Crippen LogP contribution in [0.2, 0.25) is 0 Å². The van der Waals surface area contributed by atoms with Crippen LogP contribution in [0.1, 0.15) is 40.5 Å². The lowest BCUT2D eigenvalue weighted by molar-refractivity contribution is 0.0401. The lowest BCUT2D eigenvalue weighted by Gasteiger charge is -2.39. The molecule has 0 aromatic carbocycles. The molecule has 1 rings (SSSR count). The van der Waals surface area contributed by atoms with E-state index in [0.717, 1.165) is 19.6 Å². The first-order valence-corrected chi connectivity index (χ1v) is 6.12. The molecule has 0 bridgehead atoms. The number of nitrogens with zero attached hydrogens (tertiary/aromatic N) is 1. The summed E-state index contributed by atoms with van der Waals surface area (Å²) >= 11 is 0. The number of likely N-dealkylation sites (tertiary alicyclic amines) is 1. The van der Waals surface area contributed by atoms with Crippen LogP contribution >= 0.6 is 0 Å². The molecular weight excluding hydrogens is 204 g/mol. The number of alkyl carbamates (subject to hydrolysis) is 1. The third-order valence-electron chi connectivity index (χ3n) is 2.51. The lowest BCUT2D eigenvalue weighted by atomic mass is 10.1. The Morgan fingerprint density at radius 1 is 1.44 bits per heavy atom. The molecule has 1 heterocycles. The SMILES string of the molecule is CCCCN1CC(NC(=O)OC(C)(C)C)C1. The van der Waals surface area contributed by atoms with E-state index < -0.39 is 5.60 Å². The first kappa shape index (κ1) is 13.3. The molecule has 0 aromatic rings. The van der Waals surface area contributed by atoms with Gasteiger partial charge in [0.2, 0.25) is 0 Å². The normalized spacial score (nSPS) is 18.0. The van der Waals surface area contributed by atoms with Crippen LogP contribution in [-0.2, 0) is 4.74 Å². The number of carbonyl (C=O) groups is 1. The van der Waals surface area contributed by atoms with Gasteiger partial charge in [0.15, 0.2) is 0 Å². The molecule has 0 unspecified atom stereocenters. The number of unbranched alkanes of at least 4 members (excludes halogenated alkanes) is 1. The zero-order valence-corrected chi connectivity index (χ0v) is 10.9. The summed E-state index contributed by atoms with van der Waals surface area (Å²) in [4.78, 5) is 13.8. The molecule has 16 heavy (non-hydrogen) atoms. The van der Waals surface area contributed by atoms with E-state index in [0.29, 0.717) is 0 Å². The molecule has 4 heteroatoms. The average molecular weight is 228 g/mol. The summed E-state index contributed by atoms with van der Waals surface area (Å²) in [5, 5.41) is 2.88. The molecule has 1 aliphatic rings. The molecule has 1 amide bonds. The van der Waals surface area contributed by atoms with Crippen LogP contribution in [0.4, 0.5) is 4.79 Å². The van der Waals surface area contributed by atoms with Crippen molar-refractivity contribution in [3.05, 3.63) is 0 Å². The Hall–Kier alpha value is -0.770. The number of nitrogens with one attached hydrogen (secondary N) is 1. The Bertz CT molecular complexity index is 230. The number of hydrogen-bond acceptors (Lipinski definition) is 3. The highest BCUT2D eigenvalue weighted by atomic mass is 16.6. The maximum Gasteiger partial charge on any atom is 0.407 e. The fourth-order valence-electron chi connectivity index (χ4n) is 1.70. The smallest absolute Gasteiger partial charge is 0.407 e. The quantitative estimate of drug-likeness (QED) is 0.800. The topological polar surface area (TPSA) is 41.6 Å². The Kier molecular flexibility index (Phi) is 4.59. The Balaban J connectivity index is 2.10. The number of rotatable bonds is 4. The van der Waals surface area contributed by atoms with Crippen LogP contribution in [-0.4, -0.2) is 42.3 Å². The largest absolute Gasteiger partial charge is 0.444 e. The minimum absolute atomic E-state index is 0.270. The van der Waals surface area contributed by atoms with Gasteiger partial charge in [0, 0.05) is 13.1 Å². The highest BCUT2D eigenvalue weighted by Crippen LogP contribution is 2.11. The molecule has 0 aliphatic carbocycles. The predicted octanol–water partition coefficient (Wildman–Crippen LogP) is 2.00. The number of hydrogen-bond donors (Lipinski definition) is 1. The summed E-state index contributed by atoms with van der Waals surface area (Å²) in [5.74, 6) is 0. The van der Waals surface area contributed by atoms with Crippen LogP contribution in [0.3, 0.4) is 0 Å². The molecule has 1 aliphatic heterocycles. The van der Waals surface area contributed by atoms with Crippen molar-refractivity contribution in [2.45, 2.75) is 52.2 Å². The van der Waals surface area contributed by atoms with Gasteiger partial charge in [0.05, 0.1) is 6.04 Å². The molecule has 0 radical (unpaired) electrons. The van der Waals surface area contributed by atoms with E-state index in [1.54, 1.807) is 0 Å². The van der Waals surface area contributed by atoms with Crippen molar-refractivity contribution >= 4 is 6.09 Å². The van der Waals surface area contributed by atoms with Crippen molar-refractivity contribution < 1.29 is 9.53 Å². The predicted molar refractivity (Wildman–Crippen MR) is 64.5 cm³/mol. The maximum atomic E-state index is 11.4. The second kappa shape index (κ2) is 5.53. The minimum atomic E-state index is -0.407. The lowest BCUT2D eigenvalue weighted by Crippen LogP contribution is -2.59. The van der Waals surface area contributed by atoms with Gasteiger partial charge in [-0.05, 0) is 33.7 Å². The Morgan fingerprint density at radius 3 is 2.56 bits per heavy atom. The summed E-state index contributed by atoms with van der Waals surface area (Å²) in [7, 11) is 0. The van der Waals surface area contributed by atoms with Crippen molar-refractivity contribution in [2.75, 3.05) is 19.6 Å². The van der Waals surface area contributed by atoms with Gasteiger partial charge in [-0.2, -0.15) is 0 Å². The van der Waals surface area contributed by atoms with Crippen molar-refractivity contribution in [2.24, 2.45) is 0 Å². The van der Waals surface area contributed by atoms with Gasteiger partial charge < -0.3 is 10.1 Å². The van der Waals surface area contributed by atoms with Gasteiger partial charge in [0.1, 0.15) is 5.60 Å². The maximum absolute atomic E-state index is 11.4. The highest BCUT2D eigenvalue weighted by Gasteiger charge is 2.28. The van der Waals surface area contributed by atoms with Gasteiger partial charge in [-0.3, -0.25) is 4.90 Å². The molecule has 4 nitrogen and oxygen atoms in total. The molecular formula is C12H24N2O2. The van der Waals surface area contributed by atoms with Crippen LogP contribution in [0.15, 0.2) is 0 Å². The van der Waals surface area contributed by atoms with E-state index in [-0.39, 0.29) is 12.1 Å². The molecule has 1 saturated heterocycles. The zero-order valence-electron chi connectivity index (χ0n) is 10.9. The first-order valence-electron chi connectivity index (χ1n) is 6.12. The van der Waals surface area contributed by atoms with Gasteiger partial charge in [-0.25, -0.2) is 4.79 Å². The summed E-state index contributed by atoms with van der Waals surface area (Å²) in [6, 6.07) is 0.270. The Morgan fingerprint density at radius 2 is 2.06 bits per heavy atom. The van der Waals surface area contributed by atoms with E-state index in [2.05, 4.69) is 17.1 Å². The van der Waals surface area contributed by atoms with Crippen LogP contribution < -0.4 is 5.32 Å². The van der Waals surface area contributed by atoms with Gasteiger partial charge in [-0.1, -0.05) is 13.3 Å². The van der Waals surface area contributed by atoms with E-state index in [1.807, 2.05) is 20.8 Å². The molecule has 0 aromatic heterocycles. The fourth-order valence-corrected chi connectivity index (χ4v) is 1.70. The molecule has 1 fully saturated rings. The second-order valence-electron chi connectivity index (χ2n) is 5.46. The van der Waals surface area contributed by atoms with E-state index in [4.69, 9.17) is 4.74 Å².